The SMILES string of the molecule is CC[C@@H](C(=O)NC(C)(C)C)N(Cc1ccccc1Cl)C(=O)CCCN(c1cccc(OC)c1)S(C)(=O)=O. The summed E-state index contributed by atoms with van der Waals surface area (Å²) >= 11 is 6.37. The molecule has 0 spiro atoms. The van der Waals surface area contributed by atoms with E-state index < -0.39 is 21.6 Å². The van der Waals surface area contributed by atoms with Crippen LogP contribution in [-0.2, 0) is 26.2 Å². The molecule has 0 bridgehead atoms. The van der Waals surface area contributed by atoms with Crippen molar-refractivity contribution in [2.45, 2.75) is 65.1 Å². The first-order valence-corrected chi connectivity index (χ1v) is 14.5. The molecule has 2 aromatic rings. The average molecular weight is 552 g/mol. The molecular formula is C27H38ClN3O5S. The summed E-state index contributed by atoms with van der Waals surface area (Å²) in [6.07, 6.45) is 1.86. The van der Waals surface area contributed by atoms with Gasteiger partial charge in [-0.1, -0.05) is 42.8 Å². The molecule has 0 aliphatic rings. The van der Waals surface area contributed by atoms with Gasteiger partial charge in [-0.3, -0.25) is 13.9 Å². The molecule has 0 aromatic heterocycles. The molecule has 2 aromatic carbocycles. The summed E-state index contributed by atoms with van der Waals surface area (Å²) in [4.78, 5) is 28.2. The first-order chi connectivity index (χ1) is 17.3. The summed E-state index contributed by atoms with van der Waals surface area (Å²) in [5, 5.41) is 3.47. The lowest BCUT2D eigenvalue weighted by Crippen LogP contribution is -2.53. The van der Waals surface area contributed by atoms with E-state index in [1.54, 1.807) is 41.3 Å². The van der Waals surface area contributed by atoms with Crippen molar-refractivity contribution < 1.29 is 22.7 Å². The number of nitrogens with one attached hydrogen (secondary N) is 1. The Morgan fingerprint density at radius 2 is 1.78 bits per heavy atom. The van der Waals surface area contributed by atoms with E-state index in [0.29, 0.717) is 22.9 Å². The van der Waals surface area contributed by atoms with Crippen molar-refractivity contribution in [3.63, 3.8) is 0 Å². The number of halogens is 1. The first kappa shape index (κ1) is 30.4. The minimum Gasteiger partial charge on any atom is -0.497 e. The Balaban J connectivity index is 2.26. The van der Waals surface area contributed by atoms with Gasteiger partial charge in [0.25, 0.3) is 0 Å². The second kappa shape index (κ2) is 13.1. The molecule has 37 heavy (non-hydrogen) atoms. The topological polar surface area (TPSA) is 96.0 Å². The van der Waals surface area contributed by atoms with Gasteiger partial charge < -0.3 is 15.0 Å². The largest absolute Gasteiger partial charge is 0.497 e. The van der Waals surface area contributed by atoms with Crippen molar-refractivity contribution in [2.75, 3.05) is 24.2 Å². The molecular weight excluding hydrogens is 514 g/mol. The van der Waals surface area contributed by atoms with Crippen LogP contribution in [0.25, 0.3) is 0 Å². The van der Waals surface area contributed by atoms with E-state index in [2.05, 4.69) is 5.32 Å². The zero-order valence-corrected chi connectivity index (χ0v) is 24.0. The van der Waals surface area contributed by atoms with Crippen molar-refractivity contribution in [2.24, 2.45) is 0 Å². The van der Waals surface area contributed by atoms with Gasteiger partial charge in [-0.2, -0.15) is 0 Å². The lowest BCUT2D eigenvalue weighted by molar-refractivity contribution is -0.142. The standard InChI is InChI=1S/C27H38ClN3O5S/c1-7-24(26(33)29-27(2,3)4)30(19-20-12-8-9-15-23(20)28)25(32)16-11-17-31(37(6,34)35)21-13-10-14-22(18-21)36-5/h8-10,12-15,18,24H,7,11,16-17,19H2,1-6H3,(H,29,33)/t24-/m0/s1. The zero-order chi connectivity index (χ0) is 27.8. The number of sulfonamides is 1. The second-order valence-electron chi connectivity index (χ2n) is 9.92. The lowest BCUT2D eigenvalue weighted by Gasteiger charge is -2.33. The summed E-state index contributed by atoms with van der Waals surface area (Å²) in [6.45, 7) is 7.78. The molecule has 0 fully saturated rings. The minimum absolute atomic E-state index is 0.0553. The number of carbonyl (C=O) groups excluding carboxylic acids is 2. The van der Waals surface area contributed by atoms with Gasteiger partial charge in [-0.05, 0) is 57.4 Å². The number of amides is 2. The third-order valence-corrected chi connectivity index (χ3v) is 7.24. The maximum absolute atomic E-state index is 13.5. The van der Waals surface area contributed by atoms with E-state index in [-0.39, 0.29) is 37.7 Å². The molecule has 0 heterocycles. The minimum atomic E-state index is -3.60. The van der Waals surface area contributed by atoms with E-state index in [1.165, 1.54) is 11.4 Å². The van der Waals surface area contributed by atoms with Crippen molar-refractivity contribution in [3.05, 3.63) is 59.1 Å². The van der Waals surface area contributed by atoms with Crippen molar-refractivity contribution >= 4 is 39.1 Å². The molecule has 1 atom stereocenters. The van der Waals surface area contributed by atoms with Crippen LogP contribution in [0.5, 0.6) is 5.75 Å². The molecule has 2 amide bonds. The van der Waals surface area contributed by atoms with Crippen LogP contribution in [-0.4, -0.2) is 56.6 Å². The monoisotopic (exact) mass is 551 g/mol. The van der Waals surface area contributed by atoms with Gasteiger partial charge in [0, 0.05) is 36.1 Å². The Morgan fingerprint density at radius 1 is 1.11 bits per heavy atom. The predicted octanol–water partition coefficient (Wildman–Crippen LogP) is 4.62. The number of anilines is 1. The van der Waals surface area contributed by atoms with E-state index in [1.807, 2.05) is 39.8 Å². The summed E-state index contributed by atoms with van der Waals surface area (Å²) in [5.74, 6) is 0.0308. The van der Waals surface area contributed by atoms with E-state index >= 15 is 0 Å². The highest BCUT2D eigenvalue weighted by Crippen LogP contribution is 2.25. The highest BCUT2D eigenvalue weighted by Gasteiger charge is 2.31. The van der Waals surface area contributed by atoms with Crippen LogP contribution in [0.2, 0.25) is 5.02 Å². The molecule has 0 radical (unpaired) electrons. The predicted molar refractivity (Wildman–Crippen MR) is 148 cm³/mol. The molecule has 0 saturated heterocycles. The summed E-state index contributed by atoms with van der Waals surface area (Å²) < 4.78 is 31.5. The molecule has 10 heteroatoms. The van der Waals surface area contributed by atoms with Gasteiger partial charge >= 0.3 is 0 Å². The Kier molecular flexibility index (Phi) is 10.8. The highest BCUT2D eigenvalue weighted by atomic mass is 35.5. The fourth-order valence-electron chi connectivity index (χ4n) is 3.95. The third kappa shape index (κ3) is 9.23. The number of ether oxygens (including phenoxy) is 1. The van der Waals surface area contributed by atoms with Crippen molar-refractivity contribution in [3.8, 4) is 5.75 Å². The first-order valence-electron chi connectivity index (χ1n) is 12.2. The van der Waals surface area contributed by atoms with Crippen molar-refractivity contribution in [1.29, 1.82) is 0 Å². The number of methoxy groups -OCH3 is 1. The van der Waals surface area contributed by atoms with Crippen LogP contribution in [0.3, 0.4) is 0 Å². The molecule has 0 saturated carbocycles. The van der Waals surface area contributed by atoms with Crippen LogP contribution >= 0.6 is 11.6 Å². The Bertz CT molecular complexity index is 1180. The fourth-order valence-corrected chi connectivity index (χ4v) is 5.10. The van der Waals surface area contributed by atoms with Gasteiger partial charge in [0.05, 0.1) is 19.1 Å². The maximum atomic E-state index is 13.5. The Morgan fingerprint density at radius 3 is 2.35 bits per heavy atom. The molecule has 204 valence electrons. The Labute approximate surface area is 226 Å². The average Bonchev–Trinajstić information content (AvgIpc) is 2.80. The van der Waals surface area contributed by atoms with Crippen LogP contribution in [0.1, 0.15) is 52.5 Å². The number of rotatable bonds is 12. The maximum Gasteiger partial charge on any atom is 0.243 e. The number of benzene rings is 2. The van der Waals surface area contributed by atoms with Crippen LogP contribution in [0.4, 0.5) is 5.69 Å². The summed E-state index contributed by atoms with van der Waals surface area (Å²) in [6, 6.07) is 13.3. The molecule has 8 nitrogen and oxygen atoms in total. The summed E-state index contributed by atoms with van der Waals surface area (Å²) in [7, 11) is -2.09. The van der Waals surface area contributed by atoms with Gasteiger partial charge in [0.15, 0.2) is 0 Å². The molecule has 2 rings (SSSR count). The number of carbonyl (C=O) groups is 2. The quantitative estimate of drug-likeness (QED) is 0.415. The smallest absolute Gasteiger partial charge is 0.243 e. The van der Waals surface area contributed by atoms with E-state index in [4.69, 9.17) is 16.3 Å². The normalized spacial score (nSPS) is 12.5. The second-order valence-corrected chi connectivity index (χ2v) is 12.2. The third-order valence-electron chi connectivity index (χ3n) is 5.68. The van der Waals surface area contributed by atoms with E-state index in [0.717, 1.165) is 11.8 Å². The van der Waals surface area contributed by atoms with Crippen molar-refractivity contribution in [1.82, 2.24) is 10.2 Å². The van der Waals surface area contributed by atoms with Crippen LogP contribution < -0.4 is 14.4 Å². The summed E-state index contributed by atoms with van der Waals surface area (Å²) in [5.41, 5.74) is 0.725. The van der Waals surface area contributed by atoms with Gasteiger partial charge in [-0.25, -0.2) is 8.42 Å². The molecule has 0 aliphatic heterocycles. The van der Waals surface area contributed by atoms with Crippen LogP contribution in [0, 0.1) is 0 Å². The number of nitrogens with zero attached hydrogens (tertiary/aromatic N) is 2. The molecule has 1 N–H and O–H groups in total. The number of hydrogen-bond acceptors (Lipinski definition) is 5. The zero-order valence-electron chi connectivity index (χ0n) is 22.5. The van der Waals surface area contributed by atoms with Crippen LogP contribution in [0.15, 0.2) is 48.5 Å². The lowest BCUT2D eigenvalue weighted by atomic mass is 10.0. The molecule has 0 unspecified atom stereocenters. The highest BCUT2D eigenvalue weighted by molar-refractivity contribution is 7.92. The molecule has 0 aliphatic carbocycles. The van der Waals surface area contributed by atoms with Gasteiger partial charge in [0.1, 0.15) is 11.8 Å². The van der Waals surface area contributed by atoms with Gasteiger partial charge in [0.2, 0.25) is 21.8 Å². The Hall–Kier alpha value is -2.78. The van der Waals surface area contributed by atoms with Gasteiger partial charge in [-0.15, -0.1) is 0 Å². The number of hydrogen-bond donors (Lipinski definition) is 1. The fraction of sp³-hybridized carbons (Fsp3) is 0.481. The van der Waals surface area contributed by atoms with E-state index in [9.17, 15) is 18.0 Å².